The molecule has 0 fully saturated rings. The van der Waals surface area contributed by atoms with E-state index < -0.39 is 6.10 Å². The Bertz CT molecular complexity index is 1040. The first kappa shape index (κ1) is 67.4. The maximum Gasteiger partial charge on any atom is 0.306 e. The number of hydrogen-bond acceptors (Lipinski definition) is 6. The van der Waals surface area contributed by atoms with Gasteiger partial charge in [-0.3, -0.25) is 14.4 Å². The molecule has 0 unspecified atom stereocenters. The molecule has 0 N–H and O–H groups in total. The summed E-state index contributed by atoms with van der Waals surface area (Å²) >= 11 is 0. The average molecular weight is 976 g/mol. The Kier molecular flexibility index (Phi) is 56.0. The molecule has 1 atom stereocenters. The fourth-order valence-corrected chi connectivity index (χ4v) is 9.81. The zero-order chi connectivity index (χ0) is 50.2. The summed E-state index contributed by atoms with van der Waals surface area (Å²) in [7, 11) is 0. The molecule has 69 heavy (non-hydrogen) atoms. The maximum absolute atomic E-state index is 12.9. The molecule has 0 aromatic carbocycles. The zero-order valence-corrected chi connectivity index (χ0v) is 47.3. The molecule has 0 heterocycles. The molecule has 0 aromatic heterocycles. The van der Waals surface area contributed by atoms with Crippen LogP contribution in [0.3, 0.4) is 0 Å². The largest absolute Gasteiger partial charge is 0.462 e. The Morgan fingerprint density at radius 1 is 0.275 bits per heavy atom. The van der Waals surface area contributed by atoms with E-state index in [0.717, 1.165) is 63.7 Å². The summed E-state index contributed by atoms with van der Waals surface area (Å²) in [4.78, 5) is 38.2. The fraction of sp³-hybridized carbons (Fsp3) is 0.952. The van der Waals surface area contributed by atoms with Gasteiger partial charge >= 0.3 is 17.9 Å². The van der Waals surface area contributed by atoms with Gasteiger partial charge in [-0.05, 0) is 25.2 Å². The van der Waals surface area contributed by atoms with Crippen molar-refractivity contribution in [2.75, 3.05) is 13.2 Å². The van der Waals surface area contributed by atoms with Crippen LogP contribution in [0.25, 0.3) is 0 Å². The zero-order valence-electron chi connectivity index (χ0n) is 47.3. The summed E-state index contributed by atoms with van der Waals surface area (Å²) in [6, 6.07) is 0. The van der Waals surface area contributed by atoms with Crippen LogP contribution in [0.1, 0.15) is 362 Å². The summed E-state index contributed by atoms with van der Waals surface area (Å²) in [5, 5.41) is 0. The van der Waals surface area contributed by atoms with Gasteiger partial charge in [0.05, 0.1) is 0 Å². The SMILES string of the molecule is CCCCCCCCCCCCCCCCCCC(=O)OC[C@@H](COC(=O)CCCCCCCCCCCCCCCC)OC(=O)CCCCCCCCCCCCCCCCCCCCC(C)C. The lowest BCUT2D eigenvalue weighted by Crippen LogP contribution is -2.30. The molecule has 0 radical (unpaired) electrons. The van der Waals surface area contributed by atoms with Crippen LogP contribution < -0.4 is 0 Å². The number of ether oxygens (including phenoxy) is 3. The van der Waals surface area contributed by atoms with Gasteiger partial charge in [-0.1, -0.05) is 323 Å². The van der Waals surface area contributed by atoms with Gasteiger partial charge in [0, 0.05) is 19.3 Å². The van der Waals surface area contributed by atoms with Gasteiger partial charge in [-0.2, -0.15) is 0 Å². The highest BCUT2D eigenvalue weighted by atomic mass is 16.6. The summed E-state index contributed by atoms with van der Waals surface area (Å²) < 4.78 is 16.9. The van der Waals surface area contributed by atoms with E-state index in [1.807, 2.05) is 0 Å². The van der Waals surface area contributed by atoms with Crippen molar-refractivity contribution in [1.29, 1.82) is 0 Å². The molecule has 0 rings (SSSR count). The molecule has 0 aromatic rings. The Morgan fingerprint density at radius 2 is 0.478 bits per heavy atom. The van der Waals surface area contributed by atoms with Crippen LogP contribution in [0.2, 0.25) is 0 Å². The monoisotopic (exact) mass is 975 g/mol. The van der Waals surface area contributed by atoms with Gasteiger partial charge in [-0.25, -0.2) is 0 Å². The third-order valence-electron chi connectivity index (χ3n) is 14.5. The molecule has 0 saturated heterocycles. The first-order valence-corrected chi connectivity index (χ1v) is 31.4. The minimum Gasteiger partial charge on any atom is -0.462 e. The van der Waals surface area contributed by atoms with Gasteiger partial charge in [-0.15, -0.1) is 0 Å². The van der Waals surface area contributed by atoms with Gasteiger partial charge in [0.1, 0.15) is 13.2 Å². The molecule has 0 amide bonds. The van der Waals surface area contributed by atoms with E-state index in [1.165, 1.54) is 257 Å². The lowest BCUT2D eigenvalue weighted by Gasteiger charge is -2.18. The van der Waals surface area contributed by atoms with E-state index in [9.17, 15) is 14.4 Å². The van der Waals surface area contributed by atoms with Crippen molar-refractivity contribution in [3.05, 3.63) is 0 Å². The van der Waals surface area contributed by atoms with Crippen molar-refractivity contribution < 1.29 is 28.6 Å². The van der Waals surface area contributed by atoms with Crippen LogP contribution >= 0.6 is 0 Å². The van der Waals surface area contributed by atoms with Crippen LogP contribution in [0.4, 0.5) is 0 Å². The number of rotatable bonds is 58. The fourth-order valence-electron chi connectivity index (χ4n) is 9.81. The van der Waals surface area contributed by atoms with E-state index in [2.05, 4.69) is 27.7 Å². The highest BCUT2D eigenvalue weighted by Crippen LogP contribution is 2.19. The topological polar surface area (TPSA) is 78.9 Å². The normalized spacial score (nSPS) is 12.0. The molecular formula is C63H122O6. The predicted molar refractivity (Wildman–Crippen MR) is 298 cm³/mol. The highest BCUT2D eigenvalue weighted by Gasteiger charge is 2.19. The first-order valence-electron chi connectivity index (χ1n) is 31.4. The van der Waals surface area contributed by atoms with E-state index in [0.29, 0.717) is 19.3 Å². The van der Waals surface area contributed by atoms with E-state index in [4.69, 9.17) is 14.2 Å². The lowest BCUT2D eigenvalue weighted by atomic mass is 10.0. The molecule has 0 spiro atoms. The summed E-state index contributed by atoms with van der Waals surface area (Å²) in [5.74, 6) is 0.0299. The predicted octanol–water partition coefficient (Wildman–Crippen LogP) is 21.0. The van der Waals surface area contributed by atoms with Crippen LogP contribution in [0.15, 0.2) is 0 Å². The summed E-state index contributed by atoms with van der Waals surface area (Å²) in [6.45, 7) is 9.09. The Morgan fingerprint density at radius 3 is 0.710 bits per heavy atom. The lowest BCUT2D eigenvalue weighted by molar-refractivity contribution is -0.167. The molecule has 0 aliphatic carbocycles. The van der Waals surface area contributed by atoms with Gasteiger partial charge < -0.3 is 14.2 Å². The van der Waals surface area contributed by atoms with Crippen LogP contribution in [0, 0.1) is 5.92 Å². The minimum absolute atomic E-state index is 0.0612. The Hall–Kier alpha value is -1.59. The van der Waals surface area contributed by atoms with Crippen LogP contribution in [-0.4, -0.2) is 37.2 Å². The van der Waals surface area contributed by atoms with Crippen molar-refractivity contribution in [2.24, 2.45) is 5.92 Å². The van der Waals surface area contributed by atoms with E-state index in [-0.39, 0.29) is 31.1 Å². The van der Waals surface area contributed by atoms with Crippen molar-refractivity contribution >= 4 is 17.9 Å². The van der Waals surface area contributed by atoms with E-state index >= 15 is 0 Å². The maximum atomic E-state index is 12.9. The number of carbonyl (C=O) groups is 3. The second-order valence-corrected chi connectivity index (χ2v) is 22.2. The molecule has 0 aliphatic rings. The van der Waals surface area contributed by atoms with E-state index in [1.54, 1.807) is 0 Å². The molecule has 6 nitrogen and oxygen atoms in total. The number of hydrogen-bond donors (Lipinski definition) is 0. The quantitative estimate of drug-likeness (QED) is 0.0343. The second kappa shape index (κ2) is 57.3. The van der Waals surface area contributed by atoms with Crippen LogP contribution in [-0.2, 0) is 28.6 Å². The van der Waals surface area contributed by atoms with Gasteiger partial charge in [0.15, 0.2) is 6.10 Å². The third kappa shape index (κ3) is 57.2. The highest BCUT2D eigenvalue weighted by molar-refractivity contribution is 5.71. The van der Waals surface area contributed by atoms with Crippen molar-refractivity contribution in [3.63, 3.8) is 0 Å². The van der Waals surface area contributed by atoms with Crippen molar-refractivity contribution in [1.82, 2.24) is 0 Å². The number of carbonyl (C=O) groups excluding carboxylic acids is 3. The molecule has 0 bridgehead atoms. The Labute approximate surface area is 431 Å². The molecule has 6 heteroatoms. The smallest absolute Gasteiger partial charge is 0.306 e. The van der Waals surface area contributed by atoms with Crippen molar-refractivity contribution in [3.8, 4) is 0 Å². The van der Waals surface area contributed by atoms with Crippen molar-refractivity contribution in [2.45, 2.75) is 368 Å². The molecule has 0 aliphatic heterocycles. The number of unbranched alkanes of at least 4 members (excludes halogenated alkanes) is 45. The van der Waals surface area contributed by atoms with Gasteiger partial charge in [0.25, 0.3) is 0 Å². The standard InChI is InChI=1S/C63H122O6/c1-5-7-9-11-13-15-17-19-21-27-31-35-39-43-47-51-55-62(65)68-58-60(57-67-61(64)54-50-46-42-38-34-30-20-18-16-14-12-10-8-6-2)69-63(66)56-52-48-44-40-36-32-28-25-23-22-24-26-29-33-37-41-45-49-53-59(3)4/h59-60H,5-58H2,1-4H3/t60-/m1/s1. The summed E-state index contributed by atoms with van der Waals surface area (Å²) in [6.07, 6.45) is 63.9. The molecular weight excluding hydrogens is 853 g/mol. The average Bonchev–Trinajstić information content (AvgIpc) is 3.34. The summed E-state index contributed by atoms with van der Waals surface area (Å²) in [5.41, 5.74) is 0. The van der Waals surface area contributed by atoms with Gasteiger partial charge in [0.2, 0.25) is 0 Å². The Balaban J connectivity index is 4.26. The van der Waals surface area contributed by atoms with Crippen LogP contribution in [0.5, 0.6) is 0 Å². The second-order valence-electron chi connectivity index (χ2n) is 22.2. The molecule has 410 valence electrons. The molecule has 0 saturated carbocycles. The number of esters is 3. The third-order valence-corrected chi connectivity index (χ3v) is 14.5. The minimum atomic E-state index is -0.762. The first-order chi connectivity index (χ1) is 33.9.